The molecule has 0 saturated carbocycles. The molecule has 3 nitrogen and oxygen atoms in total. The van der Waals surface area contributed by atoms with Gasteiger partial charge >= 0.3 is 5.97 Å². The van der Waals surface area contributed by atoms with E-state index in [1.807, 2.05) is 24.3 Å². The van der Waals surface area contributed by atoms with Crippen LogP contribution in [0.2, 0.25) is 5.02 Å². The number of nitrogens with zero attached hydrogens (tertiary/aromatic N) is 1. The molecule has 0 aliphatic carbocycles. The van der Waals surface area contributed by atoms with Crippen LogP contribution in [0.25, 0.3) is 6.08 Å². The minimum atomic E-state index is -0.445. The number of ether oxygens (including phenoxy) is 1. The van der Waals surface area contributed by atoms with Crippen molar-refractivity contribution in [1.82, 2.24) is 0 Å². The van der Waals surface area contributed by atoms with Gasteiger partial charge in [-0.1, -0.05) is 41.9 Å². The summed E-state index contributed by atoms with van der Waals surface area (Å²) in [6, 6.07) is 16.1. The Bertz CT molecular complexity index is 699. The lowest BCUT2D eigenvalue weighted by Gasteiger charge is -2.02. The van der Waals surface area contributed by atoms with Crippen LogP contribution in [0.3, 0.4) is 0 Å². The fraction of sp³-hybridized carbons (Fsp3) is 0.0588. The van der Waals surface area contributed by atoms with Crippen molar-refractivity contribution >= 4 is 23.6 Å². The second kappa shape index (κ2) is 7.28. The number of carbonyl (C=O) groups excluding carboxylic acids is 1. The van der Waals surface area contributed by atoms with Crippen LogP contribution < -0.4 is 0 Å². The predicted molar refractivity (Wildman–Crippen MR) is 81.4 cm³/mol. The zero-order valence-electron chi connectivity index (χ0n) is 11.1. The van der Waals surface area contributed by atoms with Gasteiger partial charge in [0.05, 0.1) is 11.6 Å². The van der Waals surface area contributed by atoms with Gasteiger partial charge in [0.25, 0.3) is 0 Å². The lowest BCUT2D eigenvalue weighted by Crippen LogP contribution is -2.00. The van der Waals surface area contributed by atoms with E-state index in [9.17, 15) is 4.79 Å². The molecule has 2 rings (SSSR count). The number of nitriles is 1. The maximum Gasteiger partial charge on any atom is 0.331 e. The third kappa shape index (κ3) is 4.48. The Hall–Kier alpha value is -2.57. The Morgan fingerprint density at radius 3 is 2.57 bits per heavy atom. The SMILES string of the molecule is N#Cc1ccc(COC(=O)C=Cc2ccccc2Cl)cc1. The van der Waals surface area contributed by atoms with Crippen molar-refractivity contribution in [2.45, 2.75) is 6.61 Å². The lowest BCUT2D eigenvalue weighted by molar-refractivity contribution is -0.138. The van der Waals surface area contributed by atoms with E-state index in [0.717, 1.165) is 11.1 Å². The maximum atomic E-state index is 11.6. The van der Waals surface area contributed by atoms with Crippen LogP contribution in [0.15, 0.2) is 54.6 Å². The molecular weight excluding hydrogens is 286 g/mol. The molecule has 0 bridgehead atoms. The van der Waals surface area contributed by atoms with Gasteiger partial charge in [-0.2, -0.15) is 5.26 Å². The van der Waals surface area contributed by atoms with Crippen LogP contribution in [0.1, 0.15) is 16.7 Å². The predicted octanol–water partition coefficient (Wildman–Crippen LogP) is 3.97. The Kier molecular flexibility index (Phi) is 5.14. The Morgan fingerprint density at radius 1 is 1.19 bits per heavy atom. The second-order valence-electron chi connectivity index (χ2n) is 4.27. The fourth-order valence-electron chi connectivity index (χ4n) is 1.65. The highest BCUT2D eigenvalue weighted by Crippen LogP contribution is 2.16. The number of benzene rings is 2. The standard InChI is InChI=1S/C17H12ClNO2/c18-16-4-2-1-3-15(16)9-10-17(20)21-12-14-7-5-13(11-19)6-8-14/h1-10H,12H2. The zero-order valence-corrected chi connectivity index (χ0v) is 11.9. The smallest absolute Gasteiger partial charge is 0.331 e. The van der Waals surface area contributed by atoms with Gasteiger partial charge in [-0.3, -0.25) is 0 Å². The molecule has 0 radical (unpaired) electrons. The van der Waals surface area contributed by atoms with Gasteiger partial charge in [0.2, 0.25) is 0 Å². The molecule has 0 aliphatic heterocycles. The molecule has 0 aliphatic rings. The average molecular weight is 298 g/mol. The summed E-state index contributed by atoms with van der Waals surface area (Å²) in [5.74, 6) is -0.445. The zero-order chi connectivity index (χ0) is 15.1. The first-order valence-corrected chi connectivity index (χ1v) is 6.65. The second-order valence-corrected chi connectivity index (χ2v) is 4.68. The van der Waals surface area contributed by atoms with E-state index in [2.05, 4.69) is 0 Å². The monoisotopic (exact) mass is 297 g/mol. The van der Waals surface area contributed by atoms with Gasteiger partial charge in [-0.15, -0.1) is 0 Å². The summed E-state index contributed by atoms with van der Waals surface area (Å²) < 4.78 is 5.11. The summed E-state index contributed by atoms with van der Waals surface area (Å²) in [5, 5.41) is 9.27. The molecule has 0 amide bonds. The first kappa shape index (κ1) is 14.8. The molecular formula is C17H12ClNO2. The van der Waals surface area contributed by atoms with E-state index in [1.165, 1.54) is 6.08 Å². The third-order valence-electron chi connectivity index (χ3n) is 2.77. The number of carbonyl (C=O) groups is 1. The van der Waals surface area contributed by atoms with Gasteiger partial charge in [0.1, 0.15) is 6.61 Å². The van der Waals surface area contributed by atoms with Gasteiger partial charge < -0.3 is 4.74 Å². The van der Waals surface area contributed by atoms with Crippen molar-refractivity contribution in [2.24, 2.45) is 0 Å². The van der Waals surface area contributed by atoms with E-state index in [0.29, 0.717) is 10.6 Å². The Morgan fingerprint density at radius 2 is 1.90 bits per heavy atom. The van der Waals surface area contributed by atoms with Crippen LogP contribution in [-0.2, 0) is 16.1 Å². The molecule has 2 aromatic carbocycles. The van der Waals surface area contributed by atoms with Crippen molar-refractivity contribution in [2.75, 3.05) is 0 Å². The summed E-state index contributed by atoms with van der Waals surface area (Å²) in [4.78, 5) is 11.6. The van der Waals surface area contributed by atoms with Crippen LogP contribution in [0.5, 0.6) is 0 Å². The summed E-state index contributed by atoms with van der Waals surface area (Å²) in [5.41, 5.74) is 2.16. The number of hydrogen-bond donors (Lipinski definition) is 0. The summed E-state index contributed by atoms with van der Waals surface area (Å²) >= 11 is 5.98. The summed E-state index contributed by atoms with van der Waals surface area (Å²) in [6.07, 6.45) is 2.95. The molecule has 0 fully saturated rings. The highest BCUT2D eigenvalue weighted by Gasteiger charge is 2.00. The van der Waals surface area contributed by atoms with Crippen molar-refractivity contribution in [3.63, 3.8) is 0 Å². The van der Waals surface area contributed by atoms with Gasteiger partial charge in [0.15, 0.2) is 0 Å². The first-order valence-electron chi connectivity index (χ1n) is 6.27. The molecule has 0 unspecified atom stereocenters. The molecule has 0 aromatic heterocycles. The van der Waals surface area contributed by atoms with Crippen LogP contribution in [0.4, 0.5) is 0 Å². The quantitative estimate of drug-likeness (QED) is 0.634. The molecule has 0 saturated heterocycles. The normalized spacial score (nSPS) is 10.3. The number of hydrogen-bond acceptors (Lipinski definition) is 3. The summed E-state index contributed by atoms with van der Waals surface area (Å²) in [6.45, 7) is 0.164. The fourth-order valence-corrected chi connectivity index (χ4v) is 1.84. The van der Waals surface area contributed by atoms with Crippen LogP contribution in [-0.4, -0.2) is 5.97 Å². The summed E-state index contributed by atoms with van der Waals surface area (Å²) in [7, 11) is 0. The molecule has 21 heavy (non-hydrogen) atoms. The van der Waals surface area contributed by atoms with Crippen molar-refractivity contribution in [3.8, 4) is 6.07 Å². The minimum absolute atomic E-state index is 0.164. The maximum absolute atomic E-state index is 11.6. The average Bonchev–Trinajstić information content (AvgIpc) is 2.52. The Balaban J connectivity index is 1.90. The van der Waals surface area contributed by atoms with Crippen LogP contribution >= 0.6 is 11.6 Å². The van der Waals surface area contributed by atoms with E-state index >= 15 is 0 Å². The van der Waals surface area contributed by atoms with Crippen LogP contribution in [0, 0.1) is 11.3 Å². The highest BCUT2D eigenvalue weighted by atomic mass is 35.5. The number of esters is 1. The molecule has 4 heteroatoms. The van der Waals surface area contributed by atoms with Crippen molar-refractivity contribution in [1.29, 1.82) is 5.26 Å². The topological polar surface area (TPSA) is 50.1 Å². The van der Waals surface area contributed by atoms with Crippen molar-refractivity contribution < 1.29 is 9.53 Å². The van der Waals surface area contributed by atoms with E-state index in [4.69, 9.17) is 21.6 Å². The highest BCUT2D eigenvalue weighted by molar-refractivity contribution is 6.32. The van der Waals surface area contributed by atoms with Gasteiger partial charge in [-0.05, 0) is 35.4 Å². The first-order chi connectivity index (χ1) is 10.2. The van der Waals surface area contributed by atoms with Gasteiger partial charge in [0, 0.05) is 11.1 Å². The van der Waals surface area contributed by atoms with Gasteiger partial charge in [-0.25, -0.2) is 4.79 Å². The minimum Gasteiger partial charge on any atom is -0.458 e. The Labute approximate surface area is 128 Å². The molecule has 0 N–H and O–H groups in total. The number of rotatable bonds is 4. The molecule has 104 valence electrons. The van der Waals surface area contributed by atoms with E-state index < -0.39 is 5.97 Å². The van der Waals surface area contributed by atoms with E-state index in [-0.39, 0.29) is 6.61 Å². The molecule has 2 aromatic rings. The molecule has 0 heterocycles. The third-order valence-corrected chi connectivity index (χ3v) is 3.11. The number of halogens is 1. The van der Waals surface area contributed by atoms with E-state index in [1.54, 1.807) is 36.4 Å². The molecule has 0 atom stereocenters. The largest absolute Gasteiger partial charge is 0.458 e. The van der Waals surface area contributed by atoms with Crippen molar-refractivity contribution in [3.05, 3.63) is 76.3 Å². The lowest BCUT2D eigenvalue weighted by atomic mass is 10.2. The molecule has 0 spiro atoms.